The van der Waals surface area contributed by atoms with Crippen LogP contribution in [0.25, 0.3) is 5.03 Å². The predicted octanol–water partition coefficient (Wildman–Crippen LogP) is 2.13. The molecule has 0 amide bonds. The SMILES string of the molecule is NCC1=C(Cl)c2cc(F)ccc2OC1. The van der Waals surface area contributed by atoms with E-state index >= 15 is 0 Å². The molecular weight excluding hydrogens is 205 g/mol. The van der Waals surface area contributed by atoms with Crippen LogP contribution in [0.3, 0.4) is 0 Å². The predicted molar refractivity (Wildman–Crippen MR) is 53.7 cm³/mol. The minimum atomic E-state index is -0.330. The molecule has 0 aliphatic carbocycles. The lowest BCUT2D eigenvalue weighted by atomic mass is 10.1. The van der Waals surface area contributed by atoms with Crippen LogP contribution in [0.1, 0.15) is 5.56 Å². The van der Waals surface area contributed by atoms with E-state index in [1.54, 1.807) is 6.07 Å². The summed E-state index contributed by atoms with van der Waals surface area (Å²) in [5, 5.41) is 0.508. The monoisotopic (exact) mass is 213 g/mol. The van der Waals surface area contributed by atoms with Crippen LogP contribution >= 0.6 is 11.6 Å². The fraction of sp³-hybridized carbons (Fsp3) is 0.200. The summed E-state index contributed by atoms with van der Waals surface area (Å²) in [6.07, 6.45) is 0. The standard InChI is InChI=1S/C10H9ClFNO/c11-10-6(4-13)5-14-9-2-1-7(12)3-8(9)10/h1-3H,4-5,13H2. The number of rotatable bonds is 1. The van der Waals surface area contributed by atoms with Gasteiger partial charge in [-0.25, -0.2) is 4.39 Å². The molecule has 0 atom stereocenters. The van der Waals surface area contributed by atoms with E-state index in [-0.39, 0.29) is 5.82 Å². The van der Waals surface area contributed by atoms with Gasteiger partial charge in [0.2, 0.25) is 0 Å². The largest absolute Gasteiger partial charge is 0.488 e. The molecule has 2 nitrogen and oxygen atoms in total. The lowest BCUT2D eigenvalue weighted by Crippen LogP contribution is -2.16. The van der Waals surface area contributed by atoms with Crippen LogP contribution < -0.4 is 10.5 Å². The minimum absolute atomic E-state index is 0.328. The third kappa shape index (κ3) is 1.49. The highest BCUT2D eigenvalue weighted by molar-refractivity contribution is 6.49. The first kappa shape index (κ1) is 9.49. The molecule has 14 heavy (non-hydrogen) atoms. The van der Waals surface area contributed by atoms with Crippen LogP contribution in [0.2, 0.25) is 0 Å². The second kappa shape index (κ2) is 3.59. The molecule has 0 spiro atoms. The summed E-state index contributed by atoms with van der Waals surface area (Å²) in [4.78, 5) is 0. The number of fused-ring (bicyclic) bond motifs is 1. The molecule has 0 fully saturated rings. The highest BCUT2D eigenvalue weighted by Gasteiger charge is 2.18. The molecule has 0 aromatic heterocycles. The normalized spacial score (nSPS) is 15.1. The fourth-order valence-electron chi connectivity index (χ4n) is 1.37. The second-order valence-corrected chi connectivity index (χ2v) is 3.43. The van der Waals surface area contributed by atoms with Gasteiger partial charge in [-0.2, -0.15) is 0 Å². The quantitative estimate of drug-likeness (QED) is 0.776. The molecule has 0 unspecified atom stereocenters. The number of ether oxygens (including phenoxy) is 1. The van der Waals surface area contributed by atoms with Crippen molar-refractivity contribution in [1.29, 1.82) is 0 Å². The summed E-state index contributed by atoms with van der Waals surface area (Å²) < 4.78 is 18.3. The van der Waals surface area contributed by atoms with Gasteiger partial charge in [0.25, 0.3) is 0 Å². The molecule has 2 rings (SSSR count). The molecule has 0 radical (unpaired) electrons. The molecule has 2 N–H and O–H groups in total. The van der Waals surface area contributed by atoms with Gasteiger partial charge in [0.1, 0.15) is 18.2 Å². The first-order valence-corrected chi connectivity index (χ1v) is 4.60. The molecular formula is C10H9ClFNO. The van der Waals surface area contributed by atoms with E-state index in [4.69, 9.17) is 22.1 Å². The Morgan fingerprint density at radius 1 is 1.50 bits per heavy atom. The molecule has 0 bridgehead atoms. The van der Waals surface area contributed by atoms with Crippen LogP contribution in [-0.2, 0) is 0 Å². The molecule has 0 saturated heterocycles. The van der Waals surface area contributed by atoms with Gasteiger partial charge in [0, 0.05) is 12.1 Å². The second-order valence-electron chi connectivity index (χ2n) is 3.05. The highest BCUT2D eigenvalue weighted by atomic mass is 35.5. The highest BCUT2D eigenvalue weighted by Crippen LogP contribution is 2.35. The van der Waals surface area contributed by atoms with Gasteiger partial charge < -0.3 is 10.5 Å². The van der Waals surface area contributed by atoms with Crippen LogP contribution in [-0.4, -0.2) is 13.2 Å². The van der Waals surface area contributed by atoms with Gasteiger partial charge in [0.15, 0.2) is 0 Å². The van der Waals surface area contributed by atoms with Crippen LogP contribution in [0.4, 0.5) is 4.39 Å². The van der Waals surface area contributed by atoms with Crippen molar-refractivity contribution in [3.05, 3.63) is 35.2 Å². The zero-order valence-electron chi connectivity index (χ0n) is 7.39. The van der Waals surface area contributed by atoms with Crippen LogP contribution in [0.15, 0.2) is 23.8 Å². The third-order valence-electron chi connectivity index (χ3n) is 2.14. The van der Waals surface area contributed by atoms with Gasteiger partial charge in [0.05, 0.1) is 5.03 Å². The maximum atomic E-state index is 12.9. The van der Waals surface area contributed by atoms with Crippen molar-refractivity contribution in [2.75, 3.05) is 13.2 Å². The van der Waals surface area contributed by atoms with Crippen molar-refractivity contribution < 1.29 is 9.13 Å². The number of hydrogen-bond acceptors (Lipinski definition) is 2. The van der Waals surface area contributed by atoms with E-state index in [0.29, 0.717) is 29.5 Å². The molecule has 1 aliphatic rings. The summed E-state index contributed by atoms with van der Waals surface area (Å²) in [5.74, 6) is 0.275. The first-order valence-electron chi connectivity index (χ1n) is 4.22. The van der Waals surface area contributed by atoms with Crippen molar-refractivity contribution in [2.45, 2.75) is 0 Å². The van der Waals surface area contributed by atoms with Gasteiger partial charge in [-0.05, 0) is 23.8 Å². The minimum Gasteiger partial charge on any atom is -0.488 e. The summed E-state index contributed by atoms with van der Waals surface area (Å²) in [6, 6.07) is 4.27. The van der Waals surface area contributed by atoms with Crippen molar-refractivity contribution in [3.63, 3.8) is 0 Å². The molecule has 0 saturated carbocycles. The Balaban J connectivity index is 2.55. The van der Waals surface area contributed by atoms with E-state index in [9.17, 15) is 4.39 Å². The lowest BCUT2D eigenvalue weighted by Gasteiger charge is -2.19. The Hall–Kier alpha value is -1.06. The number of nitrogens with two attached hydrogens (primary N) is 1. The Bertz CT molecular complexity index is 403. The average molecular weight is 214 g/mol. The molecule has 4 heteroatoms. The van der Waals surface area contributed by atoms with Gasteiger partial charge in [-0.15, -0.1) is 0 Å². The number of hydrogen-bond donors (Lipinski definition) is 1. The average Bonchev–Trinajstić information content (AvgIpc) is 2.20. The maximum Gasteiger partial charge on any atom is 0.128 e. The zero-order chi connectivity index (χ0) is 10.1. The van der Waals surface area contributed by atoms with E-state index in [1.807, 2.05) is 0 Å². The molecule has 1 aromatic carbocycles. The zero-order valence-corrected chi connectivity index (χ0v) is 8.14. The topological polar surface area (TPSA) is 35.2 Å². The van der Waals surface area contributed by atoms with Crippen molar-refractivity contribution in [1.82, 2.24) is 0 Å². The van der Waals surface area contributed by atoms with Crippen LogP contribution in [0.5, 0.6) is 5.75 Å². The maximum absolute atomic E-state index is 12.9. The van der Waals surface area contributed by atoms with Crippen molar-refractivity contribution >= 4 is 16.6 Å². The van der Waals surface area contributed by atoms with Gasteiger partial charge >= 0.3 is 0 Å². The first-order chi connectivity index (χ1) is 6.72. The Morgan fingerprint density at radius 3 is 3.00 bits per heavy atom. The summed E-state index contributed by atoms with van der Waals surface area (Å²) in [7, 11) is 0. The van der Waals surface area contributed by atoms with Gasteiger partial charge in [-0.3, -0.25) is 0 Å². The smallest absolute Gasteiger partial charge is 0.128 e. The van der Waals surface area contributed by atoms with Crippen molar-refractivity contribution in [2.24, 2.45) is 5.73 Å². The number of halogens is 2. The molecule has 1 aromatic rings. The summed E-state index contributed by atoms with van der Waals surface area (Å²) in [6.45, 7) is 0.711. The molecule has 1 heterocycles. The summed E-state index contributed by atoms with van der Waals surface area (Å²) >= 11 is 6.04. The van der Waals surface area contributed by atoms with E-state index < -0.39 is 0 Å². The van der Waals surface area contributed by atoms with Gasteiger partial charge in [-0.1, -0.05) is 11.6 Å². The third-order valence-corrected chi connectivity index (χ3v) is 2.61. The number of benzene rings is 1. The summed E-state index contributed by atoms with van der Waals surface area (Å²) in [5.41, 5.74) is 6.85. The fourth-order valence-corrected chi connectivity index (χ4v) is 1.65. The Morgan fingerprint density at radius 2 is 2.29 bits per heavy atom. The molecule has 1 aliphatic heterocycles. The molecule has 74 valence electrons. The Labute approximate surface area is 86.1 Å². The van der Waals surface area contributed by atoms with E-state index in [2.05, 4.69) is 0 Å². The van der Waals surface area contributed by atoms with Crippen LogP contribution in [0, 0.1) is 5.82 Å². The lowest BCUT2D eigenvalue weighted by molar-refractivity contribution is 0.344. The van der Waals surface area contributed by atoms with E-state index in [1.165, 1.54) is 12.1 Å². The Kier molecular flexibility index (Phi) is 2.44. The van der Waals surface area contributed by atoms with E-state index in [0.717, 1.165) is 5.57 Å². The van der Waals surface area contributed by atoms with Crippen molar-refractivity contribution in [3.8, 4) is 5.75 Å².